The molecule has 2 aromatic rings. The molecule has 2 aliphatic heterocycles. The highest BCUT2D eigenvalue weighted by Crippen LogP contribution is 2.36. The minimum absolute atomic E-state index is 0.254. The van der Waals surface area contributed by atoms with E-state index in [1.165, 1.54) is 4.31 Å². The molecule has 29 heavy (non-hydrogen) atoms. The largest absolute Gasteiger partial charge is 0.497 e. The zero-order valence-corrected chi connectivity index (χ0v) is 17.7. The van der Waals surface area contributed by atoms with E-state index in [4.69, 9.17) is 14.0 Å². The molecule has 0 aliphatic carbocycles. The molecule has 0 unspecified atom stereocenters. The van der Waals surface area contributed by atoms with E-state index >= 15 is 0 Å². The van der Waals surface area contributed by atoms with Gasteiger partial charge in [-0.25, -0.2) is 8.42 Å². The molecular formula is C20H27N3O5S. The molecule has 0 saturated carbocycles. The van der Waals surface area contributed by atoms with Crippen LogP contribution in [0.3, 0.4) is 0 Å². The smallest absolute Gasteiger partial charge is 0.243 e. The summed E-state index contributed by atoms with van der Waals surface area (Å²) >= 11 is 0. The van der Waals surface area contributed by atoms with Gasteiger partial charge in [0.2, 0.25) is 15.9 Å². The van der Waals surface area contributed by atoms with Crippen molar-refractivity contribution in [3.63, 3.8) is 0 Å². The minimum Gasteiger partial charge on any atom is -0.497 e. The summed E-state index contributed by atoms with van der Waals surface area (Å²) < 4.78 is 43.5. The minimum atomic E-state index is -3.53. The second kappa shape index (κ2) is 8.04. The van der Waals surface area contributed by atoms with Gasteiger partial charge in [0.25, 0.3) is 0 Å². The average molecular weight is 422 g/mol. The Bertz CT molecular complexity index is 927. The van der Waals surface area contributed by atoms with Gasteiger partial charge in [0.05, 0.1) is 12.0 Å². The van der Waals surface area contributed by atoms with Gasteiger partial charge >= 0.3 is 0 Å². The van der Waals surface area contributed by atoms with Gasteiger partial charge in [-0.15, -0.1) is 0 Å². The number of methoxy groups -OCH3 is 1. The molecule has 0 N–H and O–H groups in total. The lowest BCUT2D eigenvalue weighted by atomic mass is 9.80. The number of rotatable bonds is 5. The van der Waals surface area contributed by atoms with Crippen LogP contribution in [0, 0.1) is 0 Å². The fourth-order valence-electron chi connectivity index (χ4n) is 3.93. The van der Waals surface area contributed by atoms with Crippen molar-refractivity contribution in [2.45, 2.75) is 48.8 Å². The molecule has 1 aromatic heterocycles. The third kappa shape index (κ3) is 4.04. The summed E-state index contributed by atoms with van der Waals surface area (Å²) in [5.74, 6) is 2.25. The van der Waals surface area contributed by atoms with E-state index in [1.807, 2.05) is 0 Å². The Balaban J connectivity index is 1.44. The zero-order valence-electron chi connectivity index (χ0n) is 16.8. The first-order valence-electron chi connectivity index (χ1n) is 9.98. The number of nitrogens with zero attached hydrogens (tertiary/aromatic N) is 3. The summed E-state index contributed by atoms with van der Waals surface area (Å²) in [7, 11) is -1.98. The second-order valence-electron chi connectivity index (χ2n) is 7.98. The highest BCUT2D eigenvalue weighted by molar-refractivity contribution is 7.89. The van der Waals surface area contributed by atoms with E-state index in [1.54, 1.807) is 31.4 Å². The summed E-state index contributed by atoms with van der Waals surface area (Å²) in [5, 5.41) is 4.24. The van der Waals surface area contributed by atoms with Crippen LogP contribution in [0.2, 0.25) is 0 Å². The topological polar surface area (TPSA) is 94.8 Å². The molecule has 0 amide bonds. The SMILES string of the molecule is COc1ccc(S(=O)(=O)N2CCC(C)(c3noc(C4CCOCC4)n3)CC2)cc1. The van der Waals surface area contributed by atoms with E-state index < -0.39 is 10.0 Å². The number of aromatic nitrogens is 2. The molecule has 3 heterocycles. The summed E-state index contributed by atoms with van der Waals surface area (Å²) in [6, 6.07) is 6.50. The number of ether oxygens (including phenoxy) is 2. The van der Waals surface area contributed by atoms with Gasteiger partial charge < -0.3 is 14.0 Å². The van der Waals surface area contributed by atoms with Crippen LogP contribution in [0.1, 0.15) is 50.2 Å². The molecule has 1 aromatic carbocycles. The van der Waals surface area contributed by atoms with E-state index in [0.717, 1.165) is 26.1 Å². The van der Waals surface area contributed by atoms with Gasteiger partial charge in [0, 0.05) is 37.6 Å². The molecule has 2 saturated heterocycles. The van der Waals surface area contributed by atoms with E-state index in [-0.39, 0.29) is 16.2 Å². The fraction of sp³-hybridized carbons (Fsp3) is 0.600. The number of piperidine rings is 1. The molecule has 0 bridgehead atoms. The van der Waals surface area contributed by atoms with Crippen molar-refractivity contribution in [3.05, 3.63) is 36.0 Å². The summed E-state index contributed by atoms with van der Waals surface area (Å²) in [5.41, 5.74) is -0.293. The van der Waals surface area contributed by atoms with Crippen LogP contribution in [0.25, 0.3) is 0 Å². The van der Waals surface area contributed by atoms with Crippen LogP contribution >= 0.6 is 0 Å². The maximum atomic E-state index is 13.0. The molecule has 0 atom stereocenters. The molecular weight excluding hydrogens is 394 g/mol. The number of sulfonamides is 1. The Morgan fingerprint density at radius 1 is 1.14 bits per heavy atom. The number of hydrogen-bond acceptors (Lipinski definition) is 7. The first kappa shape index (κ1) is 20.3. The van der Waals surface area contributed by atoms with Crippen molar-refractivity contribution in [2.75, 3.05) is 33.4 Å². The average Bonchev–Trinajstić information content (AvgIpc) is 3.26. The molecule has 2 fully saturated rings. The molecule has 4 rings (SSSR count). The Hall–Kier alpha value is -1.97. The number of benzene rings is 1. The maximum absolute atomic E-state index is 13.0. The molecule has 9 heteroatoms. The van der Waals surface area contributed by atoms with Gasteiger partial charge in [0.1, 0.15) is 5.75 Å². The monoisotopic (exact) mass is 421 g/mol. The standard InChI is InChI=1S/C20H27N3O5S/c1-20(19-21-18(28-22-19)15-7-13-27-14-8-15)9-11-23(12-10-20)29(24,25)17-5-3-16(26-2)4-6-17/h3-6,15H,7-14H2,1-2H3. The predicted molar refractivity (Wildman–Crippen MR) is 105 cm³/mol. The summed E-state index contributed by atoms with van der Waals surface area (Å²) in [6.45, 7) is 4.37. The second-order valence-corrected chi connectivity index (χ2v) is 9.92. The molecule has 158 valence electrons. The van der Waals surface area contributed by atoms with Crippen molar-refractivity contribution < 1.29 is 22.4 Å². The molecule has 0 spiro atoms. The maximum Gasteiger partial charge on any atom is 0.243 e. The van der Waals surface area contributed by atoms with Gasteiger partial charge in [-0.2, -0.15) is 9.29 Å². The molecule has 8 nitrogen and oxygen atoms in total. The number of hydrogen-bond donors (Lipinski definition) is 0. The van der Waals surface area contributed by atoms with Crippen LogP contribution in [0.4, 0.5) is 0 Å². The third-order valence-electron chi connectivity index (χ3n) is 6.08. The van der Waals surface area contributed by atoms with Crippen LogP contribution in [0.15, 0.2) is 33.7 Å². The van der Waals surface area contributed by atoms with E-state index in [0.29, 0.717) is 43.4 Å². The van der Waals surface area contributed by atoms with E-state index in [2.05, 4.69) is 17.1 Å². The van der Waals surface area contributed by atoms with Crippen molar-refractivity contribution >= 4 is 10.0 Å². The quantitative estimate of drug-likeness (QED) is 0.732. The van der Waals surface area contributed by atoms with Crippen LogP contribution < -0.4 is 4.74 Å². The van der Waals surface area contributed by atoms with Crippen molar-refractivity contribution in [3.8, 4) is 5.75 Å². The van der Waals surface area contributed by atoms with Crippen LogP contribution in [0.5, 0.6) is 5.75 Å². The van der Waals surface area contributed by atoms with Gasteiger partial charge in [-0.05, 0) is 49.9 Å². The van der Waals surface area contributed by atoms with Crippen molar-refractivity contribution in [1.82, 2.24) is 14.4 Å². The Kier molecular flexibility index (Phi) is 5.63. The first-order chi connectivity index (χ1) is 13.9. The van der Waals surface area contributed by atoms with Crippen molar-refractivity contribution in [1.29, 1.82) is 0 Å². The Morgan fingerprint density at radius 3 is 2.41 bits per heavy atom. The highest BCUT2D eigenvalue weighted by Gasteiger charge is 2.40. The normalized spacial score (nSPS) is 21.2. The molecule has 2 aliphatic rings. The third-order valence-corrected chi connectivity index (χ3v) is 7.99. The summed E-state index contributed by atoms with van der Waals surface area (Å²) in [4.78, 5) is 4.96. The van der Waals surface area contributed by atoms with E-state index in [9.17, 15) is 8.42 Å². The lowest BCUT2D eigenvalue weighted by molar-refractivity contribution is 0.0778. The van der Waals surface area contributed by atoms with Gasteiger partial charge in [-0.1, -0.05) is 12.1 Å². The Morgan fingerprint density at radius 2 is 1.79 bits per heavy atom. The molecule has 0 radical (unpaired) electrons. The Labute approximate surface area is 171 Å². The van der Waals surface area contributed by atoms with Gasteiger partial charge in [-0.3, -0.25) is 0 Å². The lowest BCUT2D eigenvalue weighted by Gasteiger charge is -2.36. The fourth-order valence-corrected chi connectivity index (χ4v) is 5.37. The zero-order chi connectivity index (χ0) is 20.5. The van der Waals surface area contributed by atoms with Crippen LogP contribution in [-0.2, 0) is 20.2 Å². The summed E-state index contributed by atoms with van der Waals surface area (Å²) in [6.07, 6.45) is 3.09. The van der Waals surface area contributed by atoms with Gasteiger partial charge in [0.15, 0.2) is 5.82 Å². The predicted octanol–water partition coefficient (Wildman–Crippen LogP) is 2.71. The highest BCUT2D eigenvalue weighted by atomic mass is 32.2. The van der Waals surface area contributed by atoms with Crippen molar-refractivity contribution in [2.24, 2.45) is 0 Å². The lowest BCUT2D eigenvalue weighted by Crippen LogP contribution is -2.44. The van der Waals surface area contributed by atoms with Crippen LogP contribution in [-0.4, -0.2) is 56.3 Å². The first-order valence-corrected chi connectivity index (χ1v) is 11.4.